The van der Waals surface area contributed by atoms with E-state index in [1.165, 1.54) is 0 Å². The third-order valence-electron chi connectivity index (χ3n) is 2.45. The second-order valence-corrected chi connectivity index (χ2v) is 4.50. The Labute approximate surface area is 85.2 Å². The number of hydrogen-bond acceptors (Lipinski definition) is 3. The molecule has 1 aliphatic heterocycles. The van der Waals surface area contributed by atoms with E-state index >= 15 is 0 Å². The third-order valence-corrected chi connectivity index (χ3v) is 2.45. The van der Waals surface area contributed by atoms with Crippen molar-refractivity contribution in [3.05, 3.63) is 0 Å². The van der Waals surface area contributed by atoms with Gasteiger partial charge in [0.25, 0.3) is 0 Å². The number of carbonyl (C=O) groups excluding carboxylic acids is 1. The van der Waals surface area contributed by atoms with Crippen LogP contribution in [0.25, 0.3) is 0 Å². The van der Waals surface area contributed by atoms with Crippen molar-refractivity contribution in [2.24, 2.45) is 11.7 Å². The Balaban J connectivity index is 2.11. The van der Waals surface area contributed by atoms with Crippen LogP contribution in [0.5, 0.6) is 0 Å². The zero-order chi connectivity index (χ0) is 10.6. The smallest absolute Gasteiger partial charge is 0.239 e. The number of hydrogen-bond donors (Lipinski definition) is 2. The number of ether oxygens (including phenoxy) is 1. The average molecular weight is 200 g/mol. The number of amides is 1. The van der Waals surface area contributed by atoms with Gasteiger partial charge in [-0.3, -0.25) is 4.79 Å². The van der Waals surface area contributed by atoms with Crippen molar-refractivity contribution in [2.75, 3.05) is 19.8 Å². The fourth-order valence-electron chi connectivity index (χ4n) is 1.43. The van der Waals surface area contributed by atoms with Crippen LogP contribution in [0.3, 0.4) is 0 Å². The second kappa shape index (κ2) is 4.75. The van der Waals surface area contributed by atoms with E-state index < -0.39 is 5.54 Å². The largest absolute Gasteiger partial charge is 0.381 e. The minimum absolute atomic E-state index is 0.0867. The maximum Gasteiger partial charge on any atom is 0.239 e. The van der Waals surface area contributed by atoms with E-state index in [1.54, 1.807) is 13.8 Å². The summed E-state index contributed by atoms with van der Waals surface area (Å²) in [5, 5.41) is 2.83. The molecule has 0 bridgehead atoms. The number of rotatable bonds is 4. The Morgan fingerprint density at radius 3 is 2.86 bits per heavy atom. The molecule has 1 unspecified atom stereocenters. The summed E-state index contributed by atoms with van der Waals surface area (Å²) in [4.78, 5) is 11.4. The minimum atomic E-state index is -0.772. The molecule has 1 fully saturated rings. The summed E-state index contributed by atoms with van der Waals surface area (Å²) < 4.78 is 5.24. The fourth-order valence-corrected chi connectivity index (χ4v) is 1.43. The Kier molecular flexibility index (Phi) is 3.89. The van der Waals surface area contributed by atoms with Crippen molar-refractivity contribution in [2.45, 2.75) is 32.2 Å². The molecule has 4 heteroatoms. The van der Waals surface area contributed by atoms with Gasteiger partial charge in [-0.25, -0.2) is 0 Å². The first-order chi connectivity index (χ1) is 6.50. The van der Waals surface area contributed by atoms with Crippen LogP contribution < -0.4 is 11.1 Å². The third kappa shape index (κ3) is 3.64. The molecule has 0 spiro atoms. The first kappa shape index (κ1) is 11.5. The number of carbonyl (C=O) groups is 1. The Morgan fingerprint density at radius 1 is 1.64 bits per heavy atom. The second-order valence-electron chi connectivity index (χ2n) is 4.50. The summed E-state index contributed by atoms with van der Waals surface area (Å²) in [5.41, 5.74) is 4.86. The van der Waals surface area contributed by atoms with Crippen molar-refractivity contribution in [1.82, 2.24) is 5.32 Å². The maximum atomic E-state index is 11.4. The molecule has 1 aliphatic rings. The molecule has 0 radical (unpaired) electrons. The van der Waals surface area contributed by atoms with Gasteiger partial charge in [0.15, 0.2) is 0 Å². The Morgan fingerprint density at radius 2 is 2.36 bits per heavy atom. The molecule has 1 saturated heterocycles. The van der Waals surface area contributed by atoms with Crippen molar-refractivity contribution in [3.63, 3.8) is 0 Å². The summed E-state index contributed by atoms with van der Waals surface area (Å²) in [6, 6.07) is 0. The number of nitrogens with two attached hydrogens (primary N) is 1. The first-order valence-electron chi connectivity index (χ1n) is 5.15. The molecule has 1 rings (SSSR count). The molecule has 1 heterocycles. The van der Waals surface area contributed by atoms with Gasteiger partial charge in [0.2, 0.25) is 5.91 Å². The van der Waals surface area contributed by atoms with Crippen LogP contribution in [0.4, 0.5) is 0 Å². The zero-order valence-electron chi connectivity index (χ0n) is 9.01. The molecule has 4 nitrogen and oxygen atoms in total. The van der Waals surface area contributed by atoms with E-state index in [0.29, 0.717) is 12.5 Å². The molecule has 0 saturated carbocycles. The first-order valence-corrected chi connectivity index (χ1v) is 5.15. The highest BCUT2D eigenvalue weighted by atomic mass is 16.5. The van der Waals surface area contributed by atoms with Gasteiger partial charge in [-0.05, 0) is 32.6 Å². The van der Waals surface area contributed by atoms with Crippen LogP contribution in [0.15, 0.2) is 0 Å². The molecule has 0 aliphatic carbocycles. The van der Waals surface area contributed by atoms with Crippen LogP contribution >= 0.6 is 0 Å². The highest BCUT2D eigenvalue weighted by Crippen LogP contribution is 2.15. The van der Waals surface area contributed by atoms with Crippen molar-refractivity contribution < 1.29 is 9.53 Å². The van der Waals surface area contributed by atoms with Gasteiger partial charge in [0.1, 0.15) is 0 Å². The lowest BCUT2D eigenvalue weighted by Gasteiger charge is -2.18. The number of nitrogens with one attached hydrogen (secondary N) is 1. The molecule has 82 valence electrons. The van der Waals surface area contributed by atoms with Gasteiger partial charge in [-0.2, -0.15) is 0 Å². The lowest BCUT2D eigenvalue weighted by Crippen LogP contribution is -2.49. The standard InChI is InChI=1S/C10H20N2O2/c1-10(2,11)9(13)12-5-3-8-4-6-14-7-8/h8H,3-7,11H2,1-2H3,(H,12,13). The van der Waals surface area contributed by atoms with E-state index in [1.807, 2.05) is 0 Å². The molecule has 1 amide bonds. The molecule has 3 N–H and O–H groups in total. The van der Waals surface area contributed by atoms with E-state index in [4.69, 9.17) is 10.5 Å². The van der Waals surface area contributed by atoms with Crippen molar-refractivity contribution >= 4 is 5.91 Å². The summed E-state index contributed by atoms with van der Waals surface area (Å²) in [7, 11) is 0. The highest BCUT2D eigenvalue weighted by molar-refractivity contribution is 5.84. The molecule has 0 aromatic rings. The Bertz CT molecular complexity index is 193. The normalized spacial score (nSPS) is 22.4. The van der Waals surface area contributed by atoms with E-state index in [0.717, 1.165) is 26.1 Å². The van der Waals surface area contributed by atoms with Crippen LogP contribution in [0.1, 0.15) is 26.7 Å². The Hall–Kier alpha value is -0.610. The molecule has 14 heavy (non-hydrogen) atoms. The van der Waals surface area contributed by atoms with E-state index in [-0.39, 0.29) is 5.91 Å². The maximum absolute atomic E-state index is 11.4. The highest BCUT2D eigenvalue weighted by Gasteiger charge is 2.22. The zero-order valence-corrected chi connectivity index (χ0v) is 9.01. The van der Waals surface area contributed by atoms with Crippen molar-refractivity contribution in [1.29, 1.82) is 0 Å². The summed E-state index contributed by atoms with van der Waals surface area (Å²) in [6.45, 7) is 5.82. The van der Waals surface area contributed by atoms with Gasteiger partial charge in [0, 0.05) is 19.8 Å². The lowest BCUT2D eigenvalue weighted by molar-refractivity contribution is -0.125. The van der Waals surface area contributed by atoms with Gasteiger partial charge in [0.05, 0.1) is 5.54 Å². The van der Waals surface area contributed by atoms with Crippen LogP contribution in [0.2, 0.25) is 0 Å². The topological polar surface area (TPSA) is 64.4 Å². The predicted octanol–water partition coefficient (Wildman–Crippen LogP) is 0.267. The van der Waals surface area contributed by atoms with Gasteiger partial charge in [-0.1, -0.05) is 0 Å². The average Bonchev–Trinajstić information content (AvgIpc) is 2.55. The lowest BCUT2D eigenvalue weighted by atomic mass is 10.0. The summed E-state index contributed by atoms with van der Waals surface area (Å²) in [5.74, 6) is 0.521. The predicted molar refractivity (Wildman–Crippen MR) is 54.8 cm³/mol. The van der Waals surface area contributed by atoms with Gasteiger partial charge < -0.3 is 15.8 Å². The van der Waals surface area contributed by atoms with Crippen molar-refractivity contribution in [3.8, 4) is 0 Å². The molecular formula is C10H20N2O2. The molecule has 1 atom stereocenters. The van der Waals surface area contributed by atoms with Crippen LogP contribution in [0, 0.1) is 5.92 Å². The molecule has 0 aromatic carbocycles. The van der Waals surface area contributed by atoms with Gasteiger partial charge >= 0.3 is 0 Å². The monoisotopic (exact) mass is 200 g/mol. The van der Waals surface area contributed by atoms with Crippen LogP contribution in [-0.4, -0.2) is 31.2 Å². The minimum Gasteiger partial charge on any atom is -0.381 e. The van der Waals surface area contributed by atoms with E-state index in [2.05, 4.69) is 5.32 Å². The van der Waals surface area contributed by atoms with E-state index in [9.17, 15) is 4.79 Å². The summed E-state index contributed by atoms with van der Waals surface area (Å²) >= 11 is 0. The van der Waals surface area contributed by atoms with Gasteiger partial charge in [-0.15, -0.1) is 0 Å². The quantitative estimate of drug-likeness (QED) is 0.684. The molecular weight excluding hydrogens is 180 g/mol. The summed E-state index contributed by atoms with van der Waals surface area (Å²) in [6.07, 6.45) is 2.10. The molecule has 0 aromatic heterocycles. The SMILES string of the molecule is CC(C)(N)C(=O)NCCC1CCOC1. The fraction of sp³-hybridized carbons (Fsp3) is 0.900. The van der Waals surface area contributed by atoms with Crippen LogP contribution in [-0.2, 0) is 9.53 Å².